The molecule has 0 spiro atoms. The molecule has 0 radical (unpaired) electrons. The van der Waals surface area contributed by atoms with Crippen molar-refractivity contribution in [2.45, 2.75) is 19.8 Å². The number of Topliss-reactive ketones (excluding diaryl/α,β-unsaturated/α-hetero) is 1. The van der Waals surface area contributed by atoms with E-state index in [0.29, 0.717) is 0 Å². The highest BCUT2D eigenvalue weighted by atomic mass is 19.1. The Bertz CT molecular complexity index is 136. The van der Waals surface area contributed by atoms with Crippen molar-refractivity contribution in [3.63, 3.8) is 0 Å². The fourth-order valence-electron chi connectivity index (χ4n) is 0.452. The molecule has 58 valence electrons. The van der Waals surface area contributed by atoms with Gasteiger partial charge in [-0.1, -0.05) is 0 Å². The molecular formula is C6H10FNO2. The molecule has 0 saturated carbocycles. The molecule has 0 rings (SSSR count). The average molecular weight is 147 g/mol. The second kappa shape index (κ2) is 4.90. The van der Waals surface area contributed by atoms with Gasteiger partial charge in [-0.05, 0) is 6.92 Å². The van der Waals surface area contributed by atoms with Gasteiger partial charge < -0.3 is 10.1 Å². The van der Waals surface area contributed by atoms with E-state index in [1.807, 2.05) is 5.32 Å². The highest BCUT2D eigenvalue weighted by molar-refractivity contribution is 5.83. The minimum absolute atomic E-state index is 0.0611. The van der Waals surface area contributed by atoms with E-state index in [9.17, 15) is 14.0 Å². The molecule has 0 atom stereocenters. The third kappa shape index (κ3) is 5.21. The average Bonchev–Trinajstić information content (AvgIpc) is 1.85. The lowest BCUT2D eigenvalue weighted by atomic mass is 10.2. The molecule has 0 bridgehead atoms. The van der Waals surface area contributed by atoms with Gasteiger partial charge >= 0.3 is 0 Å². The zero-order valence-corrected chi connectivity index (χ0v) is 5.82. The number of halogens is 1. The Morgan fingerprint density at radius 3 is 2.40 bits per heavy atom. The summed E-state index contributed by atoms with van der Waals surface area (Å²) in [4.78, 5) is 20.7. The molecule has 1 N–H and O–H groups in total. The molecule has 0 fully saturated rings. The third-order valence-electron chi connectivity index (χ3n) is 0.968. The molecule has 0 aromatic rings. The maximum absolute atomic E-state index is 11.4. The van der Waals surface area contributed by atoms with Crippen molar-refractivity contribution in [1.29, 1.82) is 0 Å². The lowest BCUT2D eigenvalue weighted by Gasteiger charge is -1.96. The quantitative estimate of drug-likeness (QED) is 0.585. The zero-order valence-electron chi connectivity index (χ0n) is 5.82. The van der Waals surface area contributed by atoms with Crippen LogP contribution in [0.2, 0.25) is 0 Å². The second-order valence-electron chi connectivity index (χ2n) is 1.94. The number of hydrogen-bond acceptors (Lipinski definition) is 2. The summed E-state index contributed by atoms with van der Waals surface area (Å²) in [7, 11) is 0. The minimum Gasteiger partial charge on any atom is -0.329 e. The number of rotatable bonds is 4. The van der Waals surface area contributed by atoms with Crippen LogP contribution in [0.25, 0.3) is 0 Å². The number of hydrogen-bond donors (Lipinski definition) is 1. The van der Waals surface area contributed by atoms with Gasteiger partial charge in [-0.15, -0.1) is 0 Å². The summed E-state index contributed by atoms with van der Waals surface area (Å²) in [5, 5.41) is 1.94. The fourth-order valence-corrected chi connectivity index (χ4v) is 0.452. The molecular weight excluding hydrogens is 137 g/mol. The largest absolute Gasteiger partial charge is 0.329 e. The van der Waals surface area contributed by atoms with Gasteiger partial charge in [0.1, 0.15) is 5.78 Å². The Hall–Kier alpha value is -0.930. The summed E-state index contributed by atoms with van der Waals surface area (Å²) in [6, 6.07) is 0. The van der Waals surface area contributed by atoms with Gasteiger partial charge in [-0.2, -0.15) is 0 Å². The lowest BCUT2D eigenvalue weighted by molar-refractivity contribution is -0.125. The summed E-state index contributed by atoms with van der Waals surface area (Å²) in [5.74, 6) is -0.480. The van der Waals surface area contributed by atoms with Gasteiger partial charge in [-0.3, -0.25) is 4.79 Å². The molecule has 0 aromatic carbocycles. The lowest BCUT2D eigenvalue weighted by Crippen LogP contribution is -2.22. The maximum atomic E-state index is 11.4. The van der Waals surface area contributed by atoms with E-state index in [0.717, 1.165) is 0 Å². The number of alkyl halides is 1. The number of nitrogens with one attached hydrogen (secondary N) is 1. The summed E-state index contributed by atoms with van der Waals surface area (Å²) >= 11 is 0. The van der Waals surface area contributed by atoms with E-state index in [-0.39, 0.29) is 18.6 Å². The van der Waals surface area contributed by atoms with Crippen LogP contribution in [0, 0.1) is 0 Å². The predicted molar refractivity (Wildman–Crippen MR) is 34.0 cm³/mol. The normalized spacial score (nSPS) is 9.00. The topological polar surface area (TPSA) is 46.2 Å². The van der Waals surface area contributed by atoms with E-state index in [1.165, 1.54) is 6.92 Å². The second-order valence-corrected chi connectivity index (χ2v) is 1.94. The molecule has 0 heterocycles. The van der Waals surface area contributed by atoms with Crippen LogP contribution in [0.4, 0.5) is 4.39 Å². The molecule has 0 aromatic heterocycles. The molecule has 1 amide bonds. The third-order valence-corrected chi connectivity index (χ3v) is 0.968. The van der Waals surface area contributed by atoms with Crippen molar-refractivity contribution < 1.29 is 14.0 Å². The first-order valence-electron chi connectivity index (χ1n) is 2.99. The van der Waals surface area contributed by atoms with Crippen molar-refractivity contribution in [1.82, 2.24) is 5.32 Å². The monoisotopic (exact) mass is 147 g/mol. The first-order chi connectivity index (χ1) is 4.66. The molecule has 10 heavy (non-hydrogen) atoms. The van der Waals surface area contributed by atoms with E-state index in [1.54, 1.807) is 0 Å². The van der Waals surface area contributed by atoms with Gasteiger partial charge in [-0.25, -0.2) is 4.39 Å². The van der Waals surface area contributed by atoms with Crippen LogP contribution < -0.4 is 5.32 Å². The van der Waals surface area contributed by atoms with Gasteiger partial charge in [0.2, 0.25) is 5.91 Å². The first-order valence-corrected chi connectivity index (χ1v) is 2.99. The first kappa shape index (κ1) is 9.07. The van der Waals surface area contributed by atoms with Crippen LogP contribution in [0.5, 0.6) is 0 Å². The highest BCUT2D eigenvalue weighted by Crippen LogP contribution is 1.89. The van der Waals surface area contributed by atoms with Crippen molar-refractivity contribution in [3.8, 4) is 0 Å². The number of amides is 1. The smallest absolute Gasteiger partial charge is 0.222 e. The van der Waals surface area contributed by atoms with Crippen LogP contribution in [0.1, 0.15) is 19.8 Å². The summed E-state index contributed by atoms with van der Waals surface area (Å²) in [6.45, 7) is 0.527. The molecule has 0 unspecified atom stereocenters. The van der Waals surface area contributed by atoms with Gasteiger partial charge in [0.15, 0.2) is 6.80 Å². The van der Waals surface area contributed by atoms with Crippen LogP contribution in [-0.4, -0.2) is 18.5 Å². The Balaban J connectivity index is 3.30. The molecule has 0 aliphatic carbocycles. The zero-order chi connectivity index (χ0) is 7.98. The van der Waals surface area contributed by atoms with Crippen LogP contribution >= 0.6 is 0 Å². The van der Waals surface area contributed by atoms with Crippen molar-refractivity contribution in [2.24, 2.45) is 0 Å². The fraction of sp³-hybridized carbons (Fsp3) is 0.667. The molecule has 4 heteroatoms. The Morgan fingerprint density at radius 2 is 2.00 bits per heavy atom. The minimum atomic E-state index is -0.864. The number of ketones is 1. The summed E-state index contributed by atoms with van der Waals surface area (Å²) < 4.78 is 11.4. The van der Waals surface area contributed by atoms with E-state index < -0.39 is 12.7 Å². The SMILES string of the molecule is CC(=O)CCC(=O)NCF. The number of carbonyl (C=O) groups is 2. The molecule has 0 aliphatic rings. The molecule has 0 aliphatic heterocycles. The van der Waals surface area contributed by atoms with Crippen molar-refractivity contribution in [2.75, 3.05) is 6.80 Å². The Labute approximate surface area is 58.6 Å². The van der Waals surface area contributed by atoms with E-state index in [2.05, 4.69) is 0 Å². The van der Waals surface area contributed by atoms with Crippen LogP contribution in [-0.2, 0) is 9.59 Å². The highest BCUT2D eigenvalue weighted by Gasteiger charge is 2.00. The summed E-state index contributed by atoms with van der Waals surface area (Å²) in [6.07, 6.45) is 0.269. The Kier molecular flexibility index (Phi) is 4.45. The van der Waals surface area contributed by atoms with Gasteiger partial charge in [0.05, 0.1) is 0 Å². The Morgan fingerprint density at radius 1 is 1.40 bits per heavy atom. The van der Waals surface area contributed by atoms with Crippen LogP contribution in [0.3, 0.4) is 0 Å². The van der Waals surface area contributed by atoms with Gasteiger partial charge in [0, 0.05) is 12.8 Å². The molecule has 3 nitrogen and oxygen atoms in total. The van der Waals surface area contributed by atoms with E-state index in [4.69, 9.17) is 0 Å². The predicted octanol–water partition coefficient (Wildman–Crippen LogP) is 0.399. The van der Waals surface area contributed by atoms with Crippen LogP contribution in [0.15, 0.2) is 0 Å². The van der Waals surface area contributed by atoms with Gasteiger partial charge in [0.25, 0.3) is 0 Å². The number of carbonyl (C=O) groups excluding carboxylic acids is 2. The summed E-state index contributed by atoms with van der Waals surface area (Å²) in [5.41, 5.74) is 0. The van der Waals surface area contributed by atoms with E-state index >= 15 is 0 Å². The van der Waals surface area contributed by atoms with Crippen molar-refractivity contribution in [3.05, 3.63) is 0 Å². The standard InChI is InChI=1S/C6H10FNO2/c1-5(9)2-3-6(10)8-4-7/h2-4H2,1H3,(H,8,10). The maximum Gasteiger partial charge on any atom is 0.222 e. The van der Waals surface area contributed by atoms with Crippen molar-refractivity contribution >= 4 is 11.7 Å². The molecule has 0 saturated heterocycles.